The summed E-state index contributed by atoms with van der Waals surface area (Å²) in [6.07, 6.45) is 6.24. The van der Waals surface area contributed by atoms with E-state index >= 15 is 0 Å². The molecule has 0 aliphatic carbocycles. The van der Waals surface area contributed by atoms with Gasteiger partial charge in [-0.25, -0.2) is 4.99 Å². The molecule has 2 aromatic rings. The van der Waals surface area contributed by atoms with Gasteiger partial charge < -0.3 is 4.57 Å². The van der Waals surface area contributed by atoms with Crippen molar-refractivity contribution in [3.8, 4) is 5.69 Å². The molecule has 0 unspecified atom stereocenters. The Kier molecular flexibility index (Phi) is 4.27. The lowest BCUT2D eigenvalue weighted by Gasteiger charge is -2.14. The molecule has 1 aromatic heterocycles. The van der Waals surface area contributed by atoms with Gasteiger partial charge in [0.25, 0.3) is 5.91 Å². The van der Waals surface area contributed by atoms with Gasteiger partial charge >= 0.3 is 0 Å². The number of aromatic nitrogens is 1. The van der Waals surface area contributed by atoms with E-state index in [0.29, 0.717) is 5.70 Å². The predicted octanol–water partition coefficient (Wildman–Crippen LogP) is 4.56. The highest BCUT2D eigenvalue weighted by Crippen LogP contribution is 2.28. The van der Waals surface area contributed by atoms with Crippen LogP contribution in [0.25, 0.3) is 11.8 Å². The van der Waals surface area contributed by atoms with Gasteiger partial charge in [-0.3, -0.25) is 9.69 Å². The van der Waals surface area contributed by atoms with Crippen LogP contribution in [-0.4, -0.2) is 27.8 Å². The Balaban J connectivity index is 1.74. The van der Waals surface area contributed by atoms with Crippen molar-refractivity contribution in [2.45, 2.75) is 46.5 Å². The highest BCUT2D eigenvalue weighted by atomic mass is 16.2. The van der Waals surface area contributed by atoms with E-state index in [-0.39, 0.29) is 5.91 Å². The van der Waals surface area contributed by atoms with Crippen molar-refractivity contribution in [3.05, 3.63) is 58.5 Å². The maximum absolute atomic E-state index is 12.8. The molecule has 3 heterocycles. The summed E-state index contributed by atoms with van der Waals surface area (Å²) < 4.78 is 2.26. The Morgan fingerprint density at radius 1 is 1.08 bits per heavy atom. The lowest BCUT2D eigenvalue weighted by molar-refractivity contribution is -0.122. The second-order valence-electron chi connectivity index (χ2n) is 7.27. The van der Waals surface area contributed by atoms with Crippen LogP contribution in [0.1, 0.15) is 48.2 Å². The minimum absolute atomic E-state index is 0.0580. The predicted molar refractivity (Wildman–Crippen MR) is 106 cm³/mol. The Bertz CT molecular complexity index is 933. The number of carbonyl (C=O) groups is 1. The van der Waals surface area contributed by atoms with Crippen molar-refractivity contribution < 1.29 is 4.79 Å². The van der Waals surface area contributed by atoms with Crippen molar-refractivity contribution in [2.75, 3.05) is 6.54 Å². The summed E-state index contributed by atoms with van der Waals surface area (Å²) in [6.45, 7) is 7.14. The fourth-order valence-electron chi connectivity index (χ4n) is 4.01. The van der Waals surface area contributed by atoms with E-state index in [9.17, 15) is 4.79 Å². The normalized spacial score (nSPS) is 18.9. The number of amidine groups is 1. The summed E-state index contributed by atoms with van der Waals surface area (Å²) in [5.41, 5.74) is 6.36. The molecule has 1 saturated heterocycles. The standard InChI is InChI=1S/C22H25N3O/c1-15-9-6-7-10-20(15)25-16(2)13-18(17(25)3)14-19-22(26)24-12-8-4-5-11-21(24)23-19/h6-7,9-10,13-14H,4-5,8,11-12H2,1-3H3. The quantitative estimate of drug-likeness (QED) is 0.734. The largest absolute Gasteiger partial charge is 0.318 e. The first kappa shape index (κ1) is 16.8. The number of hydrogen-bond donors (Lipinski definition) is 0. The van der Waals surface area contributed by atoms with Gasteiger partial charge in [0.15, 0.2) is 0 Å². The Labute approximate surface area is 154 Å². The van der Waals surface area contributed by atoms with E-state index in [0.717, 1.165) is 48.6 Å². The minimum Gasteiger partial charge on any atom is -0.318 e. The third-order valence-corrected chi connectivity index (χ3v) is 5.43. The zero-order valence-corrected chi connectivity index (χ0v) is 15.7. The van der Waals surface area contributed by atoms with Crippen molar-refractivity contribution in [3.63, 3.8) is 0 Å². The SMILES string of the molecule is Cc1ccccc1-n1c(C)cc(C=C2N=C3CCCCCN3C2=O)c1C. The highest BCUT2D eigenvalue weighted by molar-refractivity contribution is 6.14. The van der Waals surface area contributed by atoms with E-state index in [4.69, 9.17) is 0 Å². The van der Waals surface area contributed by atoms with Crippen LogP contribution in [0.5, 0.6) is 0 Å². The van der Waals surface area contributed by atoms with Crippen LogP contribution in [0.4, 0.5) is 0 Å². The summed E-state index contributed by atoms with van der Waals surface area (Å²) >= 11 is 0. The number of aryl methyl sites for hydroxylation is 2. The number of rotatable bonds is 2. The Morgan fingerprint density at radius 3 is 2.69 bits per heavy atom. The zero-order chi connectivity index (χ0) is 18.3. The van der Waals surface area contributed by atoms with Crippen molar-refractivity contribution in [2.24, 2.45) is 4.99 Å². The summed E-state index contributed by atoms with van der Waals surface area (Å²) in [6, 6.07) is 10.5. The smallest absolute Gasteiger partial charge is 0.277 e. The number of amides is 1. The van der Waals surface area contributed by atoms with E-state index < -0.39 is 0 Å². The van der Waals surface area contributed by atoms with Gasteiger partial charge in [0.2, 0.25) is 0 Å². The van der Waals surface area contributed by atoms with Gasteiger partial charge in [-0.1, -0.05) is 24.6 Å². The van der Waals surface area contributed by atoms with Gasteiger partial charge in [-0.2, -0.15) is 0 Å². The van der Waals surface area contributed by atoms with Crippen LogP contribution < -0.4 is 0 Å². The molecule has 4 heteroatoms. The fourth-order valence-corrected chi connectivity index (χ4v) is 4.01. The van der Waals surface area contributed by atoms with Crippen molar-refractivity contribution in [1.82, 2.24) is 9.47 Å². The molecule has 0 saturated carbocycles. The first-order chi connectivity index (χ1) is 12.6. The number of nitrogens with zero attached hydrogens (tertiary/aromatic N) is 3. The fraction of sp³-hybridized carbons (Fsp3) is 0.364. The molecule has 2 aliphatic rings. The number of carbonyl (C=O) groups excluding carboxylic acids is 1. The number of para-hydroxylation sites is 1. The molecule has 0 atom stereocenters. The lowest BCUT2D eigenvalue weighted by atomic mass is 10.2. The summed E-state index contributed by atoms with van der Waals surface area (Å²) in [4.78, 5) is 19.3. The number of hydrogen-bond acceptors (Lipinski definition) is 2. The third kappa shape index (κ3) is 2.79. The summed E-state index contributed by atoms with van der Waals surface area (Å²) in [5, 5.41) is 0. The van der Waals surface area contributed by atoms with E-state index in [1.807, 2.05) is 11.0 Å². The maximum atomic E-state index is 12.8. The number of aliphatic imine (C=N–C) groups is 1. The molecule has 1 fully saturated rings. The molecule has 0 radical (unpaired) electrons. The highest BCUT2D eigenvalue weighted by Gasteiger charge is 2.30. The average molecular weight is 347 g/mol. The van der Waals surface area contributed by atoms with Crippen LogP contribution in [0.15, 0.2) is 41.0 Å². The van der Waals surface area contributed by atoms with Gasteiger partial charge in [-0.05, 0) is 62.9 Å². The molecular weight excluding hydrogens is 322 g/mol. The van der Waals surface area contributed by atoms with Gasteiger partial charge in [-0.15, -0.1) is 0 Å². The minimum atomic E-state index is 0.0580. The van der Waals surface area contributed by atoms with Gasteiger partial charge in [0.1, 0.15) is 11.5 Å². The number of benzene rings is 1. The van der Waals surface area contributed by atoms with Crippen molar-refractivity contribution >= 4 is 17.8 Å². The molecule has 1 amide bonds. The van der Waals surface area contributed by atoms with Gasteiger partial charge in [0.05, 0.1) is 0 Å². The Morgan fingerprint density at radius 2 is 1.88 bits per heavy atom. The molecule has 1 aromatic carbocycles. The monoisotopic (exact) mass is 347 g/mol. The van der Waals surface area contributed by atoms with E-state index in [1.54, 1.807) is 0 Å². The molecular formula is C22H25N3O. The molecule has 0 bridgehead atoms. The maximum Gasteiger partial charge on any atom is 0.277 e. The van der Waals surface area contributed by atoms with Crippen LogP contribution in [0.3, 0.4) is 0 Å². The lowest BCUT2D eigenvalue weighted by Crippen LogP contribution is -2.31. The molecule has 0 spiro atoms. The van der Waals surface area contributed by atoms with Crippen LogP contribution in [0, 0.1) is 20.8 Å². The number of fused-ring (bicyclic) bond motifs is 1. The van der Waals surface area contributed by atoms with Crippen LogP contribution in [0.2, 0.25) is 0 Å². The second-order valence-corrected chi connectivity index (χ2v) is 7.27. The molecule has 0 N–H and O–H groups in total. The molecule has 26 heavy (non-hydrogen) atoms. The summed E-state index contributed by atoms with van der Waals surface area (Å²) in [5.74, 6) is 1.01. The topological polar surface area (TPSA) is 37.6 Å². The third-order valence-electron chi connectivity index (χ3n) is 5.43. The summed E-state index contributed by atoms with van der Waals surface area (Å²) in [7, 11) is 0. The first-order valence-corrected chi connectivity index (χ1v) is 9.42. The first-order valence-electron chi connectivity index (χ1n) is 9.42. The molecule has 4 rings (SSSR count). The van der Waals surface area contributed by atoms with Gasteiger partial charge in [0, 0.05) is 30.0 Å². The molecule has 134 valence electrons. The van der Waals surface area contributed by atoms with Crippen LogP contribution >= 0.6 is 0 Å². The van der Waals surface area contributed by atoms with E-state index in [2.05, 4.69) is 60.7 Å². The van der Waals surface area contributed by atoms with Crippen LogP contribution in [-0.2, 0) is 4.79 Å². The second kappa shape index (κ2) is 6.60. The average Bonchev–Trinajstić information content (AvgIpc) is 2.94. The molecule has 2 aliphatic heterocycles. The Hall–Kier alpha value is -2.62. The van der Waals surface area contributed by atoms with E-state index in [1.165, 1.54) is 17.7 Å². The molecule has 4 nitrogen and oxygen atoms in total. The van der Waals surface area contributed by atoms with Crippen molar-refractivity contribution in [1.29, 1.82) is 0 Å². The zero-order valence-electron chi connectivity index (χ0n) is 15.7.